The summed E-state index contributed by atoms with van der Waals surface area (Å²) in [6, 6.07) is -0.349. The smallest absolute Gasteiger partial charge is 0.266 e. The van der Waals surface area contributed by atoms with Crippen LogP contribution in [0.4, 0.5) is 5.95 Å². The van der Waals surface area contributed by atoms with E-state index in [-0.39, 0.29) is 23.0 Å². The first-order valence-electron chi connectivity index (χ1n) is 6.32. The molecule has 6 nitrogen and oxygen atoms in total. The highest BCUT2D eigenvalue weighted by Crippen LogP contribution is 2.38. The summed E-state index contributed by atoms with van der Waals surface area (Å²) in [6.07, 6.45) is 4.06. The van der Waals surface area contributed by atoms with Crippen molar-refractivity contribution in [2.75, 3.05) is 24.5 Å². The average molecular weight is 318 g/mol. The number of anilines is 1. The number of rotatable bonds is 3. The third kappa shape index (κ3) is 2.39. The minimum Gasteiger partial charge on any atom is -0.338 e. The van der Waals surface area contributed by atoms with Gasteiger partial charge in [-0.1, -0.05) is 6.42 Å². The summed E-state index contributed by atoms with van der Waals surface area (Å²) in [5.41, 5.74) is 11.2. The molecule has 1 aromatic rings. The van der Waals surface area contributed by atoms with Crippen molar-refractivity contribution >= 4 is 22.9 Å². The molecule has 1 unspecified atom stereocenters. The maximum absolute atomic E-state index is 5.76. The molecule has 0 bridgehead atoms. The van der Waals surface area contributed by atoms with Crippen molar-refractivity contribution in [2.24, 2.45) is 23.3 Å². The summed E-state index contributed by atoms with van der Waals surface area (Å²) in [4.78, 5) is 6.55. The molecule has 1 aromatic heterocycles. The van der Waals surface area contributed by atoms with E-state index in [2.05, 4.69) is 15.0 Å². The second-order valence-electron chi connectivity index (χ2n) is 5.13. The van der Waals surface area contributed by atoms with Crippen LogP contribution in [-0.4, -0.2) is 29.8 Å². The molecule has 1 saturated carbocycles. The predicted molar refractivity (Wildman–Crippen MR) is 73.6 cm³/mol. The number of hydrogen-bond acceptors (Lipinski definition) is 6. The van der Waals surface area contributed by atoms with Gasteiger partial charge in [-0.3, -0.25) is 0 Å². The van der Waals surface area contributed by atoms with E-state index in [9.17, 15) is 0 Å². The number of fused-ring (bicyclic) bond motifs is 1. The zero-order chi connectivity index (χ0) is 11.8. The molecule has 1 aliphatic heterocycles. The molecule has 0 spiro atoms. The van der Waals surface area contributed by atoms with Gasteiger partial charge in [-0.2, -0.15) is 4.98 Å². The van der Waals surface area contributed by atoms with Gasteiger partial charge in [0.15, 0.2) is 0 Å². The van der Waals surface area contributed by atoms with Gasteiger partial charge in [-0.15, -0.1) is 17.0 Å². The lowest BCUT2D eigenvalue weighted by Crippen LogP contribution is -2.23. The Kier molecular flexibility index (Phi) is 4.24. The Hall–Kier alpha value is -0.660. The van der Waals surface area contributed by atoms with Crippen LogP contribution in [0.3, 0.4) is 0 Å². The van der Waals surface area contributed by atoms with Crippen LogP contribution >= 0.6 is 17.0 Å². The highest BCUT2D eigenvalue weighted by molar-refractivity contribution is 8.93. The zero-order valence-electron chi connectivity index (χ0n) is 10.3. The third-order valence-electron chi connectivity index (χ3n) is 4.01. The molecule has 102 valence electrons. The Labute approximate surface area is 117 Å². The first kappa shape index (κ1) is 13.8. The van der Waals surface area contributed by atoms with Crippen LogP contribution in [0.2, 0.25) is 0 Å². The fourth-order valence-electron chi connectivity index (χ4n) is 3.01. The lowest BCUT2D eigenvalue weighted by molar-refractivity contribution is 0.356. The van der Waals surface area contributed by atoms with Gasteiger partial charge in [0.05, 0.1) is 6.04 Å². The molecular weight excluding hydrogens is 298 g/mol. The molecule has 18 heavy (non-hydrogen) atoms. The van der Waals surface area contributed by atoms with E-state index in [1.54, 1.807) is 0 Å². The average Bonchev–Trinajstić information content (AvgIpc) is 3.00. The molecule has 7 heteroatoms. The summed E-state index contributed by atoms with van der Waals surface area (Å²) >= 11 is 0. The number of halogens is 1. The molecule has 2 aliphatic rings. The number of nitrogens with zero attached hydrogens (tertiary/aromatic N) is 3. The summed E-state index contributed by atoms with van der Waals surface area (Å²) in [5, 5.41) is 4.00. The molecule has 2 heterocycles. The predicted octanol–water partition coefficient (Wildman–Crippen LogP) is 0.842. The largest absolute Gasteiger partial charge is 0.338 e. The zero-order valence-corrected chi connectivity index (χ0v) is 12.0. The van der Waals surface area contributed by atoms with Crippen LogP contribution in [0.5, 0.6) is 0 Å². The second-order valence-corrected chi connectivity index (χ2v) is 5.13. The Bertz CT molecular complexity index is 387. The number of hydrogen-bond donors (Lipinski definition) is 2. The number of aromatic nitrogens is 2. The third-order valence-corrected chi connectivity index (χ3v) is 4.01. The van der Waals surface area contributed by atoms with E-state index in [0.717, 1.165) is 24.9 Å². The van der Waals surface area contributed by atoms with E-state index in [1.165, 1.54) is 19.3 Å². The van der Waals surface area contributed by atoms with Gasteiger partial charge in [-0.25, -0.2) is 0 Å². The van der Waals surface area contributed by atoms with E-state index in [4.69, 9.17) is 16.0 Å². The Balaban J connectivity index is 0.00000120. The number of nitrogens with two attached hydrogens (primary N) is 2. The van der Waals surface area contributed by atoms with Gasteiger partial charge in [0.1, 0.15) is 0 Å². The highest BCUT2D eigenvalue weighted by atomic mass is 79.9. The second kappa shape index (κ2) is 5.54. The molecule has 3 atom stereocenters. The maximum Gasteiger partial charge on any atom is 0.266 e. The van der Waals surface area contributed by atoms with E-state index >= 15 is 0 Å². The van der Waals surface area contributed by atoms with Crippen LogP contribution in [0.1, 0.15) is 31.2 Å². The van der Waals surface area contributed by atoms with Crippen LogP contribution in [0, 0.1) is 11.8 Å². The Morgan fingerprint density at radius 3 is 2.61 bits per heavy atom. The molecule has 4 N–H and O–H groups in total. The van der Waals surface area contributed by atoms with Crippen LogP contribution in [-0.2, 0) is 0 Å². The monoisotopic (exact) mass is 317 g/mol. The van der Waals surface area contributed by atoms with E-state index < -0.39 is 0 Å². The Morgan fingerprint density at radius 1 is 1.33 bits per heavy atom. The standard InChI is InChI=1S/C11H19N5O.BrH/c12-4-9(13)10-14-11(15-17-10)16-5-7-2-1-3-8(7)6-16;/h7-9H,1-6,12-13H2;1H/t7-,8+,9?;. The molecule has 0 amide bonds. The molecular formula is C11H20BrN5O. The lowest BCUT2D eigenvalue weighted by atomic mass is 10.0. The topological polar surface area (TPSA) is 94.2 Å². The summed E-state index contributed by atoms with van der Waals surface area (Å²) in [5.74, 6) is 2.76. The fourth-order valence-corrected chi connectivity index (χ4v) is 3.01. The minimum absolute atomic E-state index is 0. The van der Waals surface area contributed by atoms with Crippen molar-refractivity contribution in [1.82, 2.24) is 10.1 Å². The molecule has 0 aromatic carbocycles. The lowest BCUT2D eigenvalue weighted by Gasteiger charge is -2.13. The van der Waals surface area contributed by atoms with E-state index in [0.29, 0.717) is 18.4 Å². The van der Waals surface area contributed by atoms with Crippen LogP contribution in [0.15, 0.2) is 4.52 Å². The van der Waals surface area contributed by atoms with Crippen molar-refractivity contribution in [1.29, 1.82) is 0 Å². The van der Waals surface area contributed by atoms with Crippen molar-refractivity contribution in [3.8, 4) is 0 Å². The quantitative estimate of drug-likeness (QED) is 0.858. The SMILES string of the molecule is Br.NCC(N)c1nc(N2C[C@H]3CCC[C@H]3C2)no1. The first-order chi connectivity index (χ1) is 8.28. The minimum atomic E-state index is -0.349. The van der Waals surface area contributed by atoms with Crippen molar-refractivity contribution in [3.63, 3.8) is 0 Å². The van der Waals surface area contributed by atoms with Crippen molar-refractivity contribution in [3.05, 3.63) is 5.89 Å². The first-order valence-corrected chi connectivity index (χ1v) is 6.32. The van der Waals surface area contributed by atoms with Gasteiger partial charge < -0.3 is 20.9 Å². The van der Waals surface area contributed by atoms with Crippen molar-refractivity contribution in [2.45, 2.75) is 25.3 Å². The van der Waals surface area contributed by atoms with Crippen LogP contribution in [0.25, 0.3) is 0 Å². The molecule has 2 fully saturated rings. The van der Waals surface area contributed by atoms with Gasteiger partial charge in [0.25, 0.3) is 5.95 Å². The van der Waals surface area contributed by atoms with Crippen LogP contribution < -0.4 is 16.4 Å². The fraction of sp³-hybridized carbons (Fsp3) is 0.818. The normalized spacial score (nSPS) is 28.0. The highest BCUT2D eigenvalue weighted by Gasteiger charge is 2.37. The molecule has 3 rings (SSSR count). The summed E-state index contributed by atoms with van der Waals surface area (Å²) in [6.45, 7) is 2.44. The Morgan fingerprint density at radius 2 is 2.00 bits per heavy atom. The van der Waals surface area contributed by atoms with Gasteiger partial charge in [0, 0.05) is 19.6 Å². The molecule has 1 aliphatic carbocycles. The van der Waals surface area contributed by atoms with Crippen molar-refractivity contribution < 1.29 is 4.52 Å². The van der Waals surface area contributed by atoms with Gasteiger partial charge >= 0.3 is 0 Å². The summed E-state index contributed by atoms with van der Waals surface area (Å²) < 4.78 is 5.14. The maximum atomic E-state index is 5.76. The van der Waals surface area contributed by atoms with Gasteiger partial charge in [0.2, 0.25) is 5.89 Å². The molecule has 1 saturated heterocycles. The summed E-state index contributed by atoms with van der Waals surface area (Å²) in [7, 11) is 0. The van der Waals surface area contributed by atoms with Gasteiger partial charge in [-0.05, 0) is 29.8 Å². The van der Waals surface area contributed by atoms with E-state index in [1.807, 2.05) is 0 Å². The molecule has 0 radical (unpaired) electrons.